The zero-order chi connectivity index (χ0) is 13.6. The highest BCUT2D eigenvalue weighted by Crippen LogP contribution is 2.68. The molecule has 96 valence electrons. The second-order valence-electron chi connectivity index (χ2n) is 6.29. The Kier molecular flexibility index (Phi) is 2.77. The minimum atomic E-state index is 0.362. The molecule has 1 aromatic rings. The van der Waals surface area contributed by atoms with Gasteiger partial charge in [0.1, 0.15) is 6.07 Å². The highest BCUT2D eigenvalue weighted by atomic mass is 14.9. The molecular formula is C15H21N3. The van der Waals surface area contributed by atoms with E-state index in [0.29, 0.717) is 28.0 Å². The Hall–Kier alpha value is -1.69. The Morgan fingerprint density at radius 3 is 2.39 bits per heavy atom. The molecule has 3 N–H and O–H groups in total. The Morgan fingerprint density at radius 1 is 1.28 bits per heavy atom. The van der Waals surface area contributed by atoms with Crippen molar-refractivity contribution in [2.24, 2.45) is 16.7 Å². The van der Waals surface area contributed by atoms with E-state index in [2.05, 4.69) is 39.1 Å². The fourth-order valence-corrected chi connectivity index (χ4v) is 2.86. The molecule has 0 bridgehead atoms. The van der Waals surface area contributed by atoms with Crippen molar-refractivity contribution >= 4 is 11.4 Å². The lowest BCUT2D eigenvalue weighted by atomic mass is 10.0. The Balaban J connectivity index is 2.07. The summed E-state index contributed by atoms with van der Waals surface area (Å²) in [5.74, 6) is 0.633. The van der Waals surface area contributed by atoms with Crippen LogP contribution in [0.1, 0.15) is 33.3 Å². The standard InChI is InChI=1S/C15H21N3/c1-14(2)13(15(14,3)4)9-18-12-6-5-11(17)7-10(12)8-16/h5-7,13,18H,9,17H2,1-4H3. The largest absolute Gasteiger partial charge is 0.399 e. The third kappa shape index (κ3) is 1.82. The van der Waals surface area contributed by atoms with Crippen molar-refractivity contribution in [1.29, 1.82) is 5.26 Å². The third-order valence-electron chi connectivity index (χ3n) is 4.98. The fourth-order valence-electron chi connectivity index (χ4n) is 2.86. The maximum absolute atomic E-state index is 9.08. The van der Waals surface area contributed by atoms with E-state index in [1.165, 1.54) is 0 Å². The van der Waals surface area contributed by atoms with Gasteiger partial charge in [0.05, 0.1) is 11.3 Å². The molecule has 0 aliphatic heterocycles. The van der Waals surface area contributed by atoms with E-state index in [1.807, 2.05) is 12.1 Å². The maximum atomic E-state index is 9.08. The highest BCUT2D eigenvalue weighted by molar-refractivity contribution is 5.63. The number of nitrogens with zero attached hydrogens (tertiary/aromatic N) is 1. The number of nitrogen functional groups attached to an aromatic ring is 1. The number of nitrogens with two attached hydrogens (primary N) is 1. The molecule has 1 aliphatic carbocycles. The van der Waals surface area contributed by atoms with Crippen LogP contribution in [0.4, 0.5) is 11.4 Å². The van der Waals surface area contributed by atoms with Gasteiger partial charge in [-0.05, 0) is 34.9 Å². The summed E-state index contributed by atoms with van der Waals surface area (Å²) in [6.45, 7) is 10.1. The Labute approximate surface area is 109 Å². The van der Waals surface area contributed by atoms with Gasteiger partial charge in [0.25, 0.3) is 0 Å². The van der Waals surface area contributed by atoms with E-state index in [-0.39, 0.29) is 0 Å². The van der Waals surface area contributed by atoms with Gasteiger partial charge in [0.2, 0.25) is 0 Å². The SMILES string of the molecule is CC1(C)C(CNc2ccc(N)cc2C#N)C1(C)C. The molecule has 0 aromatic heterocycles. The van der Waals surface area contributed by atoms with Crippen molar-refractivity contribution in [3.63, 3.8) is 0 Å². The summed E-state index contributed by atoms with van der Waals surface area (Å²) in [5, 5.41) is 12.5. The average molecular weight is 243 g/mol. The van der Waals surface area contributed by atoms with Crippen LogP contribution >= 0.6 is 0 Å². The number of hydrogen-bond donors (Lipinski definition) is 2. The lowest BCUT2D eigenvalue weighted by Crippen LogP contribution is -2.09. The van der Waals surface area contributed by atoms with Crippen molar-refractivity contribution < 1.29 is 0 Å². The van der Waals surface area contributed by atoms with E-state index in [1.54, 1.807) is 6.07 Å². The van der Waals surface area contributed by atoms with Gasteiger partial charge < -0.3 is 11.1 Å². The first kappa shape index (κ1) is 12.8. The minimum absolute atomic E-state index is 0.362. The molecule has 18 heavy (non-hydrogen) atoms. The first-order chi connectivity index (χ1) is 8.30. The molecule has 0 heterocycles. The lowest BCUT2D eigenvalue weighted by Gasteiger charge is -2.09. The first-order valence-corrected chi connectivity index (χ1v) is 6.34. The van der Waals surface area contributed by atoms with Gasteiger partial charge in [-0.1, -0.05) is 27.7 Å². The van der Waals surface area contributed by atoms with Gasteiger partial charge in [-0.3, -0.25) is 0 Å². The zero-order valence-corrected chi connectivity index (χ0v) is 11.5. The molecule has 3 nitrogen and oxygen atoms in total. The van der Waals surface area contributed by atoms with E-state index in [9.17, 15) is 0 Å². The van der Waals surface area contributed by atoms with Crippen LogP contribution < -0.4 is 11.1 Å². The van der Waals surface area contributed by atoms with Crippen molar-refractivity contribution in [3.8, 4) is 6.07 Å². The Morgan fingerprint density at radius 2 is 1.89 bits per heavy atom. The number of hydrogen-bond acceptors (Lipinski definition) is 3. The van der Waals surface area contributed by atoms with Crippen LogP contribution in [0.2, 0.25) is 0 Å². The number of benzene rings is 1. The van der Waals surface area contributed by atoms with Crippen LogP contribution in [-0.4, -0.2) is 6.54 Å². The second kappa shape index (κ2) is 3.91. The third-order valence-corrected chi connectivity index (χ3v) is 4.98. The topological polar surface area (TPSA) is 61.8 Å². The zero-order valence-electron chi connectivity index (χ0n) is 11.5. The minimum Gasteiger partial charge on any atom is -0.399 e. The van der Waals surface area contributed by atoms with Crippen LogP contribution in [0, 0.1) is 28.1 Å². The highest BCUT2D eigenvalue weighted by Gasteiger charge is 2.64. The molecule has 0 unspecified atom stereocenters. The monoisotopic (exact) mass is 243 g/mol. The molecule has 0 atom stereocenters. The summed E-state index contributed by atoms with van der Waals surface area (Å²) >= 11 is 0. The summed E-state index contributed by atoms with van der Waals surface area (Å²) in [4.78, 5) is 0. The van der Waals surface area contributed by atoms with Gasteiger partial charge in [0.15, 0.2) is 0 Å². The fraction of sp³-hybridized carbons (Fsp3) is 0.533. The quantitative estimate of drug-likeness (QED) is 0.801. The van der Waals surface area contributed by atoms with Gasteiger partial charge in [-0.2, -0.15) is 5.26 Å². The van der Waals surface area contributed by atoms with E-state index >= 15 is 0 Å². The normalized spacial score (nSPS) is 20.2. The maximum Gasteiger partial charge on any atom is 0.101 e. The van der Waals surface area contributed by atoms with E-state index in [4.69, 9.17) is 11.0 Å². The van der Waals surface area contributed by atoms with Crippen LogP contribution in [0.15, 0.2) is 18.2 Å². The van der Waals surface area contributed by atoms with Gasteiger partial charge in [-0.25, -0.2) is 0 Å². The van der Waals surface area contributed by atoms with Crippen LogP contribution in [0.3, 0.4) is 0 Å². The molecule has 1 aliphatic rings. The summed E-state index contributed by atoms with van der Waals surface area (Å²) in [7, 11) is 0. The summed E-state index contributed by atoms with van der Waals surface area (Å²) in [5.41, 5.74) is 8.53. The second-order valence-corrected chi connectivity index (χ2v) is 6.29. The summed E-state index contributed by atoms with van der Waals surface area (Å²) in [6, 6.07) is 7.60. The number of nitriles is 1. The number of rotatable bonds is 3. The molecule has 0 spiro atoms. The van der Waals surface area contributed by atoms with E-state index < -0.39 is 0 Å². The molecular weight excluding hydrogens is 222 g/mol. The molecule has 1 aromatic carbocycles. The van der Waals surface area contributed by atoms with Crippen molar-refractivity contribution in [1.82, 2.24) is 0 Å². The van der Waals surface area contributed by atoms with Gasteiger partial charge in [-0.15, -0.1) is 0 Å². The van der Waals surface area contributed by atoms with E-state index in [0.717, 1.165) is 12.2 Å². The molecule has 1 saturated carbocycles. The number of nitrogens with one attached hydrogen (secondary N) is 1. The van der Waals surface area contributed by atoms with Crippen molar-refractivity contribution in [2.75, 3.05) is 17.6 Å². The van der Waals surface area contributed by atoms with Crippen LogP contribution in [0.5, 0.6) is 0 Å². The predicted octanol–water partition coefficient (Wildman–Crippen LogP) is 3.23. The van der Waals surface area contributed by atoms with Crippen molar-refractivity contribution in [3.05, 3.63) is 23.8 Å². The van der Waals surface area contributed by atoms with Crippen LogP contribution in [0.25, 0.3) is 0 Å². The molecule has 1 fully saturated rings. The predicted molar refractivity (Wildman–Crippen MR) is 75.1 cm³/mol. The smallest absolute Gasteiger partial charge is 0.101 e. The number of anilines is 2. The van der Waals surface area contributed by atoms with Crippen molar-refractivity contribution in [2.45, 2.75) is 27.7 Å². The Bertz CT molecular complexity index is 495. The van der Waals surface area contributed by atoms with Gasteiger partial charge in [0, 0.05) is 12.2 Å². The molecule has 3 heteroatoms. The molecule has 2 rings (SSSR count). The van der Waals surface area contributed by atoms with Crippen LogP contribution in [-0.2, 0) is 0 Å². The summed E-state index contributed by atoms with van der Waals surface area (Å²) < 4.78 is 0. The first-order valence-electron chi connectivity index (χ1n) is 6.34. The lowest BCUT2D eigenvalue weighted by molar-refractivity contribution is 0.457. The van der Waals surface area contributed by atoms with Gasteiger partial charge >= 0.3 is 0 Å². The molecule has 0 amide bonds. The summed E-state index contributed by atoms with van der Waals surface area (Å²) in [6.07, 6.45) is 0. The molecule has 0 saturated heterocycles. The molecule has 0 radical (unpaired) electrons. The average Bonchev–Trinajstić information content (AvgIpc) is 2.68.